The summed E-state index contributed by atoms with van der Waals surface area (Å²) in [5.41, 5.74) is 3.09. The summed E-state index contributed by atoms with van der Waals surface area (Å²) in [5, 5.41) is 3.20. The third-order valence-electron chi connectivity index (χ3n) is 8.71. The van der Waals surface area contributed by atoms with E-state index in [0.717, 1.165) is 46.7 Å². The van der Waals surface area contributed by atoms with Gasteiger partial charge >= 0.3 is 0 Å². The molecule has 0 aromatic heterocycles. The van der Waals surface area contributed by atoms with Gasteiger partial charge in [-0.05, 0) is 55.2 Å². The zero-order valence-electron chi connectivity index (χ0n) is 27.7. The van der Waals surface area contributed by atoms with Gasteiger partial charge in [-0.1, -0.05) is 91.2 Å². The van der Waals surface area contributed by atoms with Crippen molar-refractivity contribution in [2.24, 2.45) is 0 Å². The average molecular weight is 670 g/mol. The van der Waals surface area contributed by atoms with Crippen molar-refractivity contribution in [3.05, 3.63) is 120 Å². The number of para-hydroxylation sites is 1. The molecule has 1 fully saturated rings. The molecule has 1 atom stereocenters. The molecule has 2 amide bonds. The van der Waals surface area contributed by atoms with E-state index in [9.17, 15) is 18.0 Å². The van der Waals surface area contributed by atoms with Crippen LogP contribution < -0.4 is 19.1 Å². The third-order valence-corrected chi connectivity index (χ3v) is 10.5. The predicted molar refractivity (Wildman–Crippen MR) is 187 cm³/mol. The number of benzene rings is 4. The Balaban J connectivity index is 1.56. The van der Waals surface area contributed by atoms with Crippen LogP contribution in [0.25, 0.3) is 0 Å². The first-order valence-electron chi connectivity index (χ1n) is 16.2. The normalized spacial score (nSPS) is 13.8. The number of hydrogen-bond donors (Lipinski definition) is 1. The Kier molecular flexibility index (Phi) is 11.4. The number of hydrogen-bond acceptors (Lipinski definition) is 6. The van der Waals surface area contributed by atoms with Crippen molar-refractivity contribution in [1.29, 1.82) is 0 Å². The number of nitrogens with one attached hydrogen (secondary N) is 1. The Labute approximate surface area is 283 Å². The summed E-state index contributed by atoms with van der Waals surface area (Å²) in [6.07, 6.45) is 4.13. The van der Waals surface area contributed by atoms with Crippen molar-refractivity contribution in [3.8, 4) is 11.5 Å². The van der Waals surface area contributed by atoms with Crippen LogP contribution >= 0.6 is 0 Å². The molecule has 5 rings (SSSR count). The van der Waals surface area contributed by atoms with E-state index in [-0.39, 0.29) is 35.6 Å². The molecule has 1 aliphatic carbocycles. The van der Waals surface area contributed by atoms with Gasteiger partial charge in [0.25, 0.3) is 10.0 Å². The molecule has 10 heteroatoms. The first kappa shape index (κ1) is 34.5. The van der Waals surface area contributed by atoms with Gasteiger partial charge in [0.2, 0.25) is 11.8 Å². The largest absolute Gasteiger partial charge is 0.493 e. The maximum Gasteiger partial charge on any atom is 0.264 e. The highest BCUT2D eigenvalue weighted by Gasteiger charge is 2.35. The number of carbonyl (C=O) groups excluding carboxylic acids is 2. The fourth-order valence-corrected chi connectivity index (χ4v) is 7.47. The van der Waals surface area contributed by atoms with Crippen molar-refractivity contribution in [1.82, 2.24) is 10.2 Å². The lowest BCUT2D eigenvalue weighted by atomic mass is 10.0. The van der Waals surface area contributed by atoms with Gasteiger partial charge in [-0.15, -0.1) is 0 Å². The summed E-state index contributed by atoms with van der Waals surface area (Å²) in [5.74, 6) is -0.142. The minimum absolute atomic E-state index is 0.0401. The van der Waals surface area contributed by atoms with Gasteiger partial charge < -0.3 is 19.7 Å². The lowest BCUT2D eigenvalue weighted by Gasteiger charge is -2.34. The van der Waals surface area contributed by atoms with E-state index < -0.39 is 28.5 Å². The van der Waals surface area contributed by atoms with Crippen molar-refractivity contribution in [3.63, 3.8) is 0 Å². The summed E-state index contributed by atoms with van der Waals surface area (Å²) >= 11 is 0. The summed E-state index contributed by atoms with van der Waals surface area (Å²) in [4.78, 5) is 30.3. The van der Waals surface area contributed by atoms with E-state index in [0.29, 0.717) is 11.4 Å². The van der Waals surface area contributed by atoms with E-state index in [1.807, 2.05) is 61.5 Å². The smallest absolute Gasteiger partial charge is 0.264 e. The summed E-state index contributed by atoms with van der Waals surface area (Å²) in [6.45, 7) is 1.57. The number of methoxy groups -OCH3 is 2. The van der Waals surface area contributed by atoms with Gasteiger partial charge in [-0.25, -0.2) is 8.42 Å². The topological polar surface area (TPSA) is 105 Å². The van der Waals surface area contributed by atoms with Gasteiger partial charge in [0.05, 0.1) is 24.8 Å². The number of aryl methyl sites for hydroxylation is 1. The van der Waals surface area contributed by atoms with Crippen LogP contribution in [0.2, 0.25) is 0 Å². The Morgan fingerprint density at radius 2 is 1.44 bits per heavy atom. The lowest BCUT2D eigenvalue weighted by molar-refractivity contribution is -0.140. The standard InChI is InChI=1S/C38H43N3O6S/c1-28-18-20-30(21-19-28)26-40(34(24-29-12-6-4-7-13-29)38(43)39-31-14-10-11-15-31)37(42)27-41(32-16-8-5-9-17-32)48(44,45)33-22-23-35(46-2)36(25-33)47-3/h4-9,12-13,16-23,25,31,34H,10-11,14-15,24,26-27H2,1-3H3,(H,39,43)/t34-/m1/s1. The van der Waals surface area contributed by atoms with Crippen LogP contribution in [0.5, 0.6) is 11.5 Å². The van der Waals surface area contributed by atoms with E-state index in [1.54, 1.807) is 30.3 Å². The Hall–Kier alpha value is -4.83. The number of ether oxygens (including phenoxy) is 2. The summed E-state index contributed by atoms with van der Waals surface area (Å²) in [7, 11) is -1.39. The second kappa shape index (κ2) is 15.8. The van der Waals surface area contributed by atoms with Gasteiger partial charge in [0.1, 0.15) is 12.6 Å². The number of amides is 2. The molecular formula is C38H43N3O6S. The number of nitrogens with zero attached hydrogens (tertiary/aromatic N) is 2. The van der Waals surface area contributed by atoms with E-state index in [2.05, 4.69) is 5.32 Å². The van der Waals surface area contributed by atoms with Gasteiger partial charge in [-0.3, -0.25) is 13.9 Å². The third kappa shape index (κ3) is 8.36. The number of anilines is 1. The van der Waals surface area contributed by atoms with Gasteiger partial charge in [-0.2, -0.15) is 0 Å². The SMILES string of the molecule is COc1ccc(S(=O)(=O)N(CC(=O)N(Cc2ccc(C)cc2)[C@H](Cc2ccccc2)C(=O)NC2CCCC2)c2ccccc2)cc1OC. The predicted octanol–water partition coefficient (Wildman–Crippen LogP) is 5.91. The van der Waals surface area contributed by atoms with E-state index in [1.165, 1.54) is 37.3 Å². The molecule has 0 bridgehead atoms. The molecule has 4 aromatic rings. The Morgan fingerprint density at radius 3 is 2.06 bits per heavy atom. The molecule has 48 heavy (non-hydrogen) atoms. The molecule has 252 valence electrons. The van der Waals surface area contributed by atoms with Crippen LogP contribution in [0.15, 0.2) is 108 Å². The second-order valence-electron chi connectivity index (χ2n) is 12.1. The van der Waals surface area contributed by atoms with Crippen molar-refractivity contribution >= 4 is 27.5 Å². The molecular weight excluding hydrogens is 627 g/mol. The van der Waals surface area contributed by atoms with E-state index in [4.69, 9.17) is 9.47 Å². The number of carbonyl (C=O) groups is 2. The average Bonchev–Trinajstić information content (AvgIpc) is 3.62. The van der Waals surface area contributed by atoms with Crippen LogP contribution in [0.1, 0.15) is 42.4 Å². The molecule has 1 saturated carbocycles. The van der Waals surface area contributed by atoms with Gasteiger partial charge in [0.15, 0.2) is 11.5 Å². The van der Waals surface area contributed by atoms with Crippen molar-refractivity contribution < 1.29 is 27.5 Å². The molecule has 0 unspecified atom stereocenters. The molecule has 4 aromatic carbocycles. The molecule has 0 saturated heterocycles. The number of rotatable bonds is 14. The Morgan fingerprint density at radius 1 is 0.812 bits per heavy atom. The van der Waals surface area contributed by atoms with Crippen LogP contribution in [0.4, 0.5) is 5.69 Å². The molecule has 9 nitrogen and oxygen atoms in total. The summed E-state index contributed by atoms with van der Waals surface area (Å²) in [6, 6.07) is 29.3. The van der Waals surface area contributed by atoms with Crippen molar-refractivity contribution in [2.45, 2.75) is 62.6 Å². The molecule has 1 aliphatic rings. The highest BCUT2D eigenvalue weighted by Crippen LogP contribution is 2.32. The maximum atomic E-state index is 14.7. The maximum absolute atomic E-state index is 14.7. The zero-order chi connectivity index (χ0) is 34.1. The molecule has 0 aliphatic heterocycles. The van der Waals surface area contributed by atoms with E-state index >= 15 is 0 Å². The van der Waals surface area contributed by atoms with Gasteiger partial charge in [0, 0.05) is 25.1 Å². The van der Waals surface area contributed by atoms with Crippen LogP contribution in [-0.2, 0) is 32.6 Å². The quantitative estimate of drug-likeness (QED) is 0.179. The first-order valence-corrected chi connectivity index (χ1v) is 17.6. The fourth-order valence-electron chi connectivity index (χ4n) is 6.04. The zero-order valence-corrected chi connectivity index (χ0v) is 28.5. The van der Waals surface area contributed by atoms with Crippen LogP contribution in [0, 0.1) is 6.92 Å². The monoisotopic (exact) mass is 669 g/mol. The molecule has 0 spiro atoms. The fraction of sp³-hybridized carbons (Fsp3) is 0.316. The summed E-state index contributed by atoms with van der Waals surface area (Å²) < 4.78 is 40.5. The minimum atomic E-state index is -4.29. The van der Waals surface area contributed by atoms with Crippen LogP contribution in [-0.4, -0.2) is 58.0 Å². The molecule has 0 radical (unpaired) electrons. The Bertz CT molecular complexity index is 1780. The van der Waals surface area contributed by atoms with Crippen LogP contribution in [0.3, 0.4) is 0 Å². The second-order valence-corrected chi connectivity index (χ2v) is 13.9. The first-order chi connectivity index (χ1) is 23.2. The highest BCUT2D eigenvalue weighted by molar-refractivity contribution is 7.92. The highest BCUT2D eigenvalue weighted by atomic mass is 32.2. The minimum Gasteiger partial charge on any atom is -0.493 e. The molecule has 1 N–H and O–H groups in total. The van der Waals surface area contributed by atoms with Crippen molar-refractivity contribution in [2.75, 3.05) is 25.1 Å². The lowest BCUT2D eigenvalue weighted by Crippen LogP contribution is -2.54. The molecule has 0 heterocycles. The number of sulfonamides is 1.